The van der Waals surface area contributed by atoms with Crippen molar-refractivity contribution >= 4 is 12.0 Å². The van der Waals surface area contributed by atoms with Gasteiger partial charge in [-0.05, 0) is 47.8 Å². The Bertz CT molecular complexity index is 1270. The first kappa shape index (κ1) is 25.6. The van der Waals surface area contributed by atoms with E-state index in [0.29, 0.717) is 31.8 Å². The summed E-state index contributed by atoms with van der Waals surface area (Å²) in [5.41, 5.74) is 4.57. The molecule has 0 amide bonds. The predicted octanol–water partition coefficient (Wildman–Crippen LogP) is 4.89. The van der Waals surface area contributed by atoms with E-state index in [9.17, 15) is 9.90 Å². The normalized spacial score (nSPS) is 17.4. The van der Waals surface area contributed by atoms with Gasteiger partial charge in [-0.3, -0.25) is 14.4 Å². The van der Waals surface area contributed by atoms with Crippen molar-refractivity contribution in [3.8, 4) is 0 Å². The van der Waals surface area contributed by atoms with Gasteiger partial charge in [-0.1, -0.05) is 91.0 Å². The summed E-state index contributed by atoms with van der Waals surface area (Å²) in [5, 5.41) is 15.6. The fourth-order valence-corrected chi connectivity index (χ4v) is 5.45. The van der Waals surface area contributed by atoms with Crippen molar-refractivity contribution in [1.82, 2.24) is 14.7 Å². The Morgan fingerprint density at radius 2 is 1.50 bits per heavy atom. The molecule has 1 aromatic heterocycles. The summed E-state index contributed by atoms with van der Waals surface area (Å²) in [6.07, 6.45) is 3.74. The molecule has 4 aromatic rings. The molecule has 0 bridgehead atoms. The molecule has 0 radical (unpaired) electrons. The zero-order valence-corrected chi connectivity index (χ0v) is 21.6. The molecule has 2 heterocycles. The topological polar surface area (TPSA) is 67.6 Å². The summed E-state index contributed by atoms with van der Waals surface area (Å²) in [6.45, 7) is 3.46. The highest BCUT2D eigenvalue weighted by atomic mass is 16.5. The Kier molecular flexibility index (Phi) is 7.82. The molecule has 6 heteroatoms. The third-order valence-corrected chi connectivity index (χ3v) is 7.11. The number of hydrogen-bond acceptors (Lipinski definition) is 5. The largest absolute Gasteiger partial charge is 0.465 e. The quantitative estimate of drug-likeness (QED) is 0.272. The van der Waals surface area contributed by atoms with Gasteiger partial charge in [-0.2, -0.15) is 5.10 Å². The minimum absolute atomic E-state index is 0.0603. The molecule has 0 saturated carbocycles. The van der Waals surface area contributed by atoms with Crippen LogP contribution in [-0.4, -0.2) is 51.6 Å². The maximum Gasteiger partial charge on any atom is 0.327 e. The van der Waals surface area contributed by atoms with Crippen LogP contribution in [0.5, 0.6) is 0 Å². The summed E-state index contributed by atoms with van der Waals surface area (Å²) < 4.78 is 6.61. The Morgan fingerprint density at radius 1 is 0.947 bits per heavy atom. The Balaban J connectivity index is 1.57. The summed E-state index contributed by atoms with van der Waals surface area (Å²) in [6, 6.07) is 33.6. The molecule has 1 aliphatic rings. The molecule has 1 saturated heterocycles. The highest BCUT2D eigenvalue weighted by molar-refractivity contribution is 5.69. The first-order chi connectivity index (χ1) is 18.6. The molecule has 1 fully saturated rings. The first-order valence-electron chi connectivity index (χ1n) is 13.1. The van der Waals surface area contributed by atoms with E-state index in [2.05, 4.69) is 82.8 Å². The number of carbonyl (C=O) groups excluding carboxylic acids is 1. The van der Waals surface area contributed by atoms with E-state index in [1.54, 1.807) is 17.8 Å². The van der Waals surface area contributed by atoms with Crippen LogP contribution in [0, 0.1) is 0 Å². The Hall–Kier alpha value is -4.00. The van der Waals surface area contributed by atoms with Crippen molar-refractivity contribution in [2.45, 2.75) is 31.5 Å². The predicted molar refractivity (Wildman–Crippen MR) is 148 cm³/mol. The molecular weight excluding hydrogens is 474 g/mol. The number of aliphatic hydroxyl groups is 1. The first-order valence-corrected chi connectivity index (χ1v) is 13.1. The van der Waals surface area contributed by atoms with Gasteiger partial charge in [0.15, 0.2) is 0 Å². The second kappa shape index (κ2) is 11.6. The lowest BCUT2D eigenvalue weighted by atomic mass is 9.74. The molecular formula is C32H33N3O3. The van der Waals surface area contributed by atoms with E-state index in [1.807, 2.05) is 30.3 Å². The highest BCUT2D eigenvalue weighted by Crippen LogP contribution is 2.44. The van der Waals surface area contributed by atoms with Crippen molar-refractivity contribution in [2.24, 2.45) is 0 Å². The number of benzene rings is 3. The molecule has 1 N–H and O–H groups in total. The van der Waals surface area contributed by atoms with Crippen molar-refractivity contribution in [1.29, 1.82) is 0 Å². The number of rotatable bonds is 8. The van der Waals surface area contributed by atoms with E-state index < -0.39 is 11.6 Å². The average Bonchev–Trinajstić information content (AvgIpc) is 3.39. The number of nitrogens with zero attached hydrogens (tertiary/aromatic N) is 3. The van der Waals surface area contributed by atoms with Gasteiger partial charge in [0.2, 0.25) is 0 Å². The van der Waals surface area contributed by atoms with E-state index >= 15 is 0 Å². The van der Waals surface area contributed by atoms with Crippen LogP contribution in [0.15, 0.2) is 109 Å². The fraction of sp³-hybridized carbons (Fsp3) is 0.250. The maximum atomic E-state index is 11.9. The van der Waals surface area contributed by atoms with Crippen LogP contribution in [0.1, 0.15) is 35.7 Å². The van der Waals surface area contributed by atoms with Gasteiger partial charge >= 0.3 is 5.97 Å². The number of hydrogen-bond donors (Lipinski definition) is 1. The van der Waals surface area contributed by atoms with Gasteiger partial charge in [-0.25, -0.2) is 0 Å². The average molecular weight is 508 g/mol. The maximum absolute atomic E-state index is 11.9. The molecule has 1 atom stereocenters. The van der Waals surface area contributed by atoms with Crippen LogP contribution in [0.4, 0.5) is 0 Å². The van der Waals surface area contributed by atoms with Gasteiger partial charge in [0.1, 0.15) is 6.54 Å². The Labute approximate surface area is 223 Å². The Morgan fingerprint density at radius 3 is 2.03 bits per heavy atom. The minimum Gasteiger partial charge on any atom is -0.465 e. The monoisotopic (exact) mass is 507 g/mol. The summed E-state index contributed by atoms with van der Waals surface area (Å²) >= 11 is 0. The molecule has 5 rings (SSSR count). The lowest BCUT2D eigenvalue weighted by molar-refractivity contribution is -0.144. The zero-order chi connectivity index (χ0) is 26.4. The van der Waals surface area contributed by atoms with Gasteiger partial charge in [0.05, 0.1) is 23.9 Å². The van der Waals surface area contributed by atoms with Crippen LogP contribution in [0.3, 0.4) is 0 Å². The molecule has 6 nitrogen and oxygen atoms in total. The molecule has 3 aromatic carbocycles. The summed E-state index contributed by atoms with van der Waals surface area (Å²) in [5.74, 6) is -0.322. The van der Waals surface area contributed by atoms with E-state index in [4.69, 9.17) is 4.74 Å². The second-order valence-corrected chi connectivity index (χ2v) is 9.50. The van der Waals surface area contributed by atoms with Crippen LogP contribution < -0.4 is 0 Å². The van der Waals surface area contributed by atoms with Gasteiger partial charge in [-0.15, -0.1) is 0 Å². The highest BCUT2D eigenvalue weighted by Gasteiger charge is 2.44. The molecule has 0 aliphatic carbocycles. The lowest BCUT2D eigenvalue weighted by Crippen LogP contribution is -2.52. The molecule has 194 valence electrons. The standard InChI is InChI=1S/C32H33N3O3/c1-2-38-31(37)24-35-21-18-29(33-35)22-25-23-34(20-19-30(25)36)32(26-12-6-3-7-13-26,27-14-8-4-9-15-27)28-16-10-5-11-17-28/h3-18,21-22,30,36H,2,19-20,23-24H2,1H3/b25-22+. The van der Waals surface area contributed by atoms with E-state index in [0.717, 1.165) is 5.57 Å². The fourth-order valence-electron chi connectivity index (χ4n) is 5.45. The number of esters is 1. The minimum atomic E-state index is -0.568. The van der Waals surface area contributed by atoms with Gasteiger partial charge in [0, 0.05) is 19.3 Å². The molecule has 38 heavy (non-hydrogen) atoms. The number of carbonyl (C=O) groups is 1. The van der Waals surface area contributed by atoms with Crippen molar-refractivity contribution in [3.63, 3.8) is 0 Å². The zero-order valence-electron chi connectivity index (χ0n) is 21.6. The second-order valence-electron chi connectivity index (χ2n) is 9.50. The van der Waals surface area contributed by atoms with E-state index in [1.165, 1.54) is 16.7 Å². The van der Waals surface area contributed by atoms with Gasteiger partial charge in [0.25, 0.3) is 0 Å². The summed E-state index contributed by atoms with van der Waals surface area (Å²) in [4.78, 5) is 14.3. The van der Waals surface area contributed by atoms with Crippen LogP contribution in [-0.2, 0) is 21.6 Å². The number of aromatic nitrogens is 2. The number of likely N-dealkylation sites (tertiary alicyclic amines) is 1. The smallest absolute Gasteiger partial charge is 0.327 e. The lowest BCUT2D eigenvalue weighted by Gasteiger charge is -2.48. The molecule has 1 unspecified atom stereocenters. The third-order valence-electron chi connectivity index (χ3n) is 7.11. The molecule has 0 spiro atoms. The van der Waals surface area contributed by atoms with E-state index in [-0.39, 0.29) is 12.5 Å². The summed E-state index contributed by atoms with van der Waals surface area (Å²) in [7, 11) is 0. The van der Waals surface area contributed by atoms with Crippen LogP contribution >= 0.6 is 0 Å². The van der Waals surface area contributed by atoms with Crippen LogP contribution in [0.25, 0.3) is 6.08 Å². The number of ether oxygens (including phenoxy) is 1. The van der Waals surface area contributed by atoms with Crippen molar-refractivity contribution < 1.29 is 14.6 Å². The van der Waals surface area contributed by atoms with Crippen molar-refractivity contribution in [3.05, 3.63) is 131 Å². The van der Waals surface area contributed by atoms with Gasteiger partial charge < -0.3 is 9.84 Å². The van der Waals surface area contributed by atoms with Crippen molar-refractivity contribution in [2.75, 3.05) is 19.7 Å². The SMILES string of the molecule is CCOC(=O)Cn1ccc(/C=C2\CN(C(c3ccccc3)(c3ccccc3)c3ccccc3)CCC2O)n1. The number of aliphatic hydroxyl groups excluding tert-OH is 1. The number of piperidine rings is 1. The molecule has 1 aliphatic heterocycles. The van der Waals surface area contributed by atoms with Crippen LogP contribution in [0.2, 0.25) is 0 Å². The third kappa shape index (κ3) is 5.19.